The van der Waals surface area contributed by atoms with Crippen molar-refractivity contribution in [1.29, 1.82) is 0 Å². The summed E-state index contributed by atoms with van der Waals surface area (Å²) in [4.78, 5) is 11.9. The summed E-state index contributed by atoms with van der Waals surface area (Å²) in [7, 11) is 0. The van der Waals surface area contributed by atoms with Gasteiger partial charge in [-0.25, -0.2) is 0 Å². The van der Waals surface area contributed by atoms with Crippen LogP contribution < -0.4 is 11.1 Å². The molecule has 1 fully saturated rings. The third kappa shape index (κ3) is 4.04. The van der Waals surface area contributed by atoms with E-state index in [4.69, 9.17) is 10.5 Å². The van der Waals surface area contributed by atoms with Crippen molar-refractivity contribution in [2.75, 3.05) is 24.3 Å². The summed E-state index contributed by atoms with van der Waals surface area (Å²) in [5.41, 5.74) is 4.07. The van der Waals surface area contributed by atoms with E-state index in [1.54, 1.807) is 6.92 Å². The summed E-state index contributed by atoms with van der Waals surface area (Å²) < 4.78 is 43.2. The van der Waals surface area contributed by atoms with Gasteiger partial charge in [0, 0.05) is 11.4 Å². The van der Waals surface area contributed by atoms with Gasteiger partial charge < -0.3 is 15.8 Å². The number of thioether (sulfide) groups is 1. The lowest BCUT2D eigenvalue weighted by atomic mass is 10.1. The molecule has 1 aliphatic heterocycles. The minimum atomic E-state index is -4.55. The molecule has 1 heterocycles. The number of nitrogens with one attached hydrogen (secondary N) is 1. The zero-order valence-electron chi connectivity index (χ0n) is 11.2. The fourth-order valence-electron chi connectivity index (χ4n) is 1.77. The average Bonchev–Trinajstić information content (AvgIpc) is 2.34. The summed E-state index contributed by atoms with van der Waals surface area (Å²) >= 11 is 1.44. The second-order valence-corrected chi connectivity index (χ2v) is 6.37. The first-order valence-corrected chi connectivity index (χ1v) is 7.22. The number of benzene rings is 1. The first-order valence-electron chi connectivity index (χ1n) is 6.28. The zero-order chi connectivity index (χ0) is 15.6. The van der Waals surface area contributed by atoms with E-state index in [9.17, 15) is 18.0 Å². The highest BCUT2D eigenvalue weighted by Crippen LogP contribution is 2.35. The van der Waals surface area contributed by atoms with Crippen molar-refractivity contribution in [3.8, 4) is 0 Å². The first kappa shape index (κ1) is 16.0. The molecular weight excluding hydrogens is 305 g/mol. The molecule has 1 aliphatic rings. The molecule has 1 aromatic carbocycles. The van der Waals surface area contributed by atoms with Gasteiger partial charge in [-0.1, -0.05) is 0 Å². The maximum Gasteiger partial charge on any atom is 0.418 e. The Kier molecular flexibility index (Phi) is 4.67. The zero-order valence-corrected chi connectivity index (χ0v) is 12.1. The van der Waals surface area contributed by atoms with Crippen LogP contribution in [0.5, 0.6) is 0 Å². The molecule has 116 valence electrons. The normalized spacial score (nSPS) is 17.1. The number of anilines is 2. The number of alkyl halides is 3. The summed E-state index contributed by atoms with van der Waals surface area (Å²) in [5, 5.41) is 2.38. The van der Waals surface area contributed by atoms with Crippen molar-refractivity contribution in [2.45, 2.75) is 23.6 Å². The molecule has 0 saturated carbocycles. The summed E-state index contributed by atoms with van der Waals surface area (Å²) in [6.45, 7) is 2.91. The van der Waals surface area contributed by atoms with E-state index < -0.39 is 11.7 Å². The van der Waals surface area contributed by atoms with Gasteiger partial charge in [0.05, 0.1) is 29.3 Å². The smallest absolute Gasteiger partial charge is 0.398 e. The molecule has 8 heteroatoms. The predicted molar refractivity (Wildman–Crippen MR) is 76.1 cm³/mol. The number of ether oxygens (including phenoxy) is 1. The predicted octanol–water partition coefficient (Wildman–Crippen LogP) is 2.75. The molecule has 1 amide bonds. The van der Waals surface area contributed by atoms with Gasteiger partial charge in [-0.2, -0.15) is 13.2 Å². The fourth-order valence-corrected chi connectivity index (χ4v) is 2.88. The van der Waals surface area contributed by atoms with Crippen LogP contribution in [0.25, 0.3) is 0 Å². The molecule has 1 saturated heterocycles. The lowest BCUT2D eigenvalue weighted by Crippen LogP contribution is -2.34. The molecule has 2 rings (SSSR count). The van der Waals surface area contributed by atoms with Crippen LogP contribution in [0.3, 0.4) is 0 Å². The van der Waals surface area contributed by atoms with Gasteiger partial charge in [0.2, 0.25) is 5.91 Å². The van der Waals surface area contributed by atoms with Crippen LogP contribution in [0.4, 0.5) is 24.5 Å². The Morgan fingerprint density at radius 2 is 2.14 bits per heavy atom. The third-order valence-electron chi connectivity index (χ3n) is 3.00. The van der Waals surface area contributed by atoms with Gasteiger partial charge in [0.1, 0.15) is 0 Å². The van der Waals surface area contributed by atoms with E-state index in [2.05, 4.69) is 5.32 Å². The maximum atomic E-state index is 12.7. The van der Waals surface area contributed by atoms with Crippen LogP contribution in [0.15, 0.2) is 18.2 Å². The Morgan fingerprint density at radius 1 is 1.48 bits per heavy atom. The van der Waals surface area contributed by atoms with Crippen LogP contribution in [-0.2, 0) is 15.7 Å². The fraction of sp³-hybridized carbons (Fsp3) is 0.462. The van der Waals surface area contributed by atoms with Crippen LogP contribution >= 0.6 is 11.8 Å². The quantitative estimate of drug-likeness (QED) is 0.837. The van der Waals surface area contributed by atoms with E-state index in [0.717, 1.165) is 12.1 Å². The lowest BCUT2D eigenvalue weighted by molar-refractivity contribution is -0.136. The van der Waals surface area contributed by atoms with Crippen LogP contribution in [0, 0.1) is 0 Å². The molecule has 0 aliphatic carbocycles. The minimum Gasteiger partial charge on any atom is -0.398 e. The van der Waals surface area contributed by atoms with E-state index in [0.29, 0.717) is 13.2 Å². The molecule has 4 nitrogen and oxygen atoms in total. The minimum absolute atomic E-state index is 0.0823. The largest absolute Gasteiger partial charge is 0.418 e. The highest BCUT2D eigenvalue weighted by atomic mass is 32.2. The van der Waals surface area contributed by atoms with Crippen molar-refractivity contribution >= 4 is 29.0 Å². The van der Waals surface area contributed by atoms with E-state index in [1.165, 1.54) is 17.8 Å². The second kappa shape index (κ2) is 6.15. The third-order valence-corrected chi connectivity index (χ3v) is 4.28. The molecule has 1 aromatic rings. The van der Waals surface area contributed by atoms with Gasteiger partial charge >= 0.3 is 6.18 Å². The maximum absolute atomic E-state index is 12.7. The first-order chi connectivity index (χ1) is 9.77. The average molecular weight is 320 g/mol. The Hall–Kier alpha value is -1.41. The standard InChI is InChI=1S/C13H15F3N2O2S/c1-7(21-9-5-20-6-9)12(19)18-8-2-3-11(17)10(4-8)13(14,15)16/h2-4,7,9H,5-6,17H2,1H3,(H,18,19). The van der Waals surface area contributed by atoms with Crippen LogP contribution in [0.1, 0.15) is 12.5 Å². The monoisotopic (exact) mass is 320 g/mol. The molecule has 0 bridgehead atoms. The van der Waals surface area contributed by atoms with Crippen LogP contribution in [0.2, 0.25) is 0 Å². The lowest BCUT2D eigenvalue weighted by Gasteiger charge is -2.27. The number of hydrogen-bond acceptors (Lipinski definition) is 4. The topological polar surface area (TPSA) is 64.3 Å². The van der Waals surface area contributed by atoms with Gasteiger partial charge in [0.15, 0.2) is 0 Å². The second-order valence-electron chi connectivity index (χ2n) is 4.73. The van der Waals surface area contributed by atoms with Crippen molar-refractivity contribution in [3.05, 3.63) is 23.8 Å². The number of halogens is 3. The molecule has 0 radical (unpaired) electrons. The van der Waals surface area contributed by atoms with Crippen LogP contribution in [-0.4, -0.2) is 29.6 Å². The molecule has 3 N–H and O–H groups in total. The molecule has 1 unspecified atom stereocenters. The van der Waals surface area contributed by atoms with Gasteiger partial charge in [-0.3, -0.25) is 4.79 Å². The Balaban J connectivity index is 2.03. The molecule has 21 heavy (non-hydrogen) atoms. The highest BCUT2D eigenvalue weighted by Gasteiger charge is 2.33. The summed E-state index contributed by atoms with van der Waals surface area (Å²) in [5.74, 6) is -0.343. The summed E-state index contributed by atoms with van der Waals surface area (Å²) in [6.07, 6.45) is -4.55. The number of carbonyl (C=O) groups excluding carboxylic acids is 1. The Morgan fingerprint density at radius 3 is 2.67 bits per heavy atom. The SMILES string of the molecule is CC(SC1COC1)C(=O)Nc1ccc(N)c(C(F)(F)F)c1. The number of carbonyl (C=O) groups is 1. The van der Waals surface area contributed by atoms with Gasteiger partial charge in [-0.05, 0) is 25.1 Å². The van der Waals surface area contributed by atoms with E-state index in [-0.39, 0.29) is 27.8 Å². The van der Waals surface area contributed by atoms with E-state index >= 15 is 0 Å². The number of rotatable bonds is 4. The van der Waals surface area contributed by atoms with Gasteiger partial charge in [-0.15, -0.1) is 11.8 Å². The van der Waals surface area contributed by atoms with Crippen molar-refractivity contribution < 1.29 is 22.7 Å². The van der Waals surface area contributed by atoms with Crippen molar-refractivity contribution in [1.82, 2.24) is 0 Å². The number of amides is 1. The van der Waals surface area contributed by atoms with Gasteiger partial charge in [0.25, 0.3) is 0 Å². The van der Waals surface area contributed by atoms with Crippen molar-refractivity contribution in [3.63, 3.8) is 0 Å². The Labute approximate surface area is 124 Å². The molecule has 0 spiro atoms. The number of nitrogens with two attached hydrogens (primary N) is 1. The molecular formula is C13H15F3N2O2S. The Bertz CT molecular complexity index is 533. The molecule has 0 aromatic heterocycles. The van der Waals surface area contributed by atoms with E-state index in [1.807, 2.05) is 0 Å². The number of nitrogen functional groups attached to an aromatic ring is 1. The molecule has 1 atom stereocenters. The summed E-state index contributed by atoms with van der Waals surface area (Å²) in [6, 6.07) is 3.33. The van der Waals surface area contributed by atoms with Crippen molar-refractivity contribution in [2.24, 2.45) is 0 Å². The highest BCUT2D eigenvalue weighted by molar-refractivity contribution is 8.01. The number of hydrogen-bond donors (Lipinski definition) is 2.